The minimum Gasteiger partial charge on any atom is -0.478 e. The second kappa shape index (κ2) is 6.08. The van der Waals surface area contributed by atoms with Crippen molar-refractivity contribution in [3.63, 3.8) is 0 Å². The third-order valence-corrected chi connectivity index (χ3v) is 2.63. The molecule has 0 saturated heterocycles. The molecule has 1 heterocycles. The van der Waals surface area contributed by atoms with Gasteiger partial charge < -0.3 is 10.4 Å². The van der Waals surface area contributed by atoms with Crippen LogP contribution in [0.2, 0.25) is 0 Å². The molecule has 2 aromatic rings. The number of hydrogen-bond donors (Lipinski definition) is 2. The molecule has 0 aliphatic rings. The Morgan fingerprint density at radius 2 is 1.95 bits per heavy atom. The minimum absolute atomic E-state index is 0.111. The van der Waals surface area contributed by atoms with E-state index in [0.29, 0.717) is 11.8 Å². The van der Waals surface area contributed by atoms with Crippen molar-refractivity contribution in [2.75, 3.05) is 5.32 Å². The molecule has 0 radical (unpaired) electrons. The number of pyridine rings is 1. The monoisotopic (exact) mass is 292 g/mol. The van der Waals surface area contributed by atoms with Crippen LogP contribution in [0.15, 0.2) is 36.5 Å². The van der Waals surface area contributed by atoms with Crippen LogP contribution in [-0.4, -0.2) is 22.0 Å². The summed E-state index contributed by atoms with van der Waals surface area (Å²) < 4.78 is 26.8. The van der Waals surface area contributed by atoms with Crippen LogP contribution >= 0.6 is 0 Å². The normalized spacial score (nSPS) is 10.2. The first-order valence-corrected chi connectivity index (χ1v) is 5.89. The average Bonchev–Trinajstić information content (AvgIpc) is 2.42. The largest absolute Gasteiger partial charge is 0.478 e. The maximum Gasteiger partial charge on any atom is 0.338 e. The van der Waals surface area contributed by atoms with E-state index in [-0.39, 0.29) is 6.42 Å². The number of rotatable bonds is 4. The Labute approximate surface area is 118 Å². The van der Waals surface area contributed by atoms with E-state index in [1.165, 1.54) is 6.20 Å². The number of nitrogens with zero attached hydrogens (tertiary/aromatic N) is 1. The van der Waals surface area contributed by atoms with Crippen LogP contribution in [0, 0.1) is 11.6 Å². The number of amides is 1. The topological polar surface area (TPSA) is 79.3 Å². The summed E-state index contributed by atoms with van der Waals surface area (Å²) in [5.41, 5.74) is -0.643. The first-order chi connectivity index (χ1) is 9.97. The van der Waals surface area contributed by atoms with Gasteiger partial charge in [-0.1, -0.05) is 6.07 Å². The molecule has 0 atom stereocenters. The number of nitrogens with one attached hydrogen (secondary N) is 1. The van der Waals surface area contributed by atoms with Gasteiger partial charge in [-0.05, 0) is 18.2 Å². The predicted octanol–water partition coefficient (Wildman–Crippen LogP) is 2.24. The van der Waals surface area contributed by atoms with Gasteiger partial charge in [0.05, 0.1) is 17.7 Å². The fourth-order valence-electron chi connectivity index (χ4n) is 1.67. The molecule has 0 saturated carbocycles. The lowest BCUT2D eigenvalue weighted by Crippen LogP contribution is -2.17. The molecule has 108 valence electrons. The van der Waals surface area contributed by atoms with E-state index in [2.05, 4.69) is 10.3 Å². The summed E-state index contributed by atoms with van der Waals surface area (Å²) in [6.45, 7) is 0. The zero-order valence-electron chi connectivity index (χ0n) is 10.6. The molecule has 0 unspecified atom stereocenters. The summed E-state index contributed by atoms with van der Waals surface area (Å²) in [5, 5.41) is 11.0. The van der Waals surface area contributed by atoms with E-state index in [0.717, 1.165) is 6.07 Å². The summed E-state index contributed by atoms with van der Waals surface area (Å²) in [6.07, 6.45) is 1.39. The van der Waals surface area contributed by atoms with Gasteiger partial charge in [0, 0.05) is 18.0 Å². The van der Waals surface area contributed by atoms with Gasteiger partial charge in [0.15, 0.2) is 0 Å². The van der Waals surface area contributed by atoms with E-state index in [9.17, 15) is 18.4 Å². The van der Waals surface area contributed by atoms with E-state index < -0.39 is 34.8 Å². The van der Waals surface area contributed by atoms with E-state index in [4.69, 9.17) is 5.11 Å². The third kappa shape index (κ3) is 3.59. The Balaban J connectivity index is 2.17. The number of anilines is 1. The average molecular weight is 292 g/mol. The number of aromatic carboxylic acids is 1. The Bertz CT molecular complexity index is 690. The molecule has 0 aliphatic heterocycles. The highest BCUT2D eigenvalue weighted by atomic mass is 19.1. The highest BCUT2D eigenvalue weighted by Gasteiger charge is 2.16. The van der Waals surface area contributed by atoms with Crippen LogP contribution in [0.3, 0.4) is 0 Å². The fraction of sp³-hybridized carbons (Fsp3) is 0.0714. The van der Waals surface area contributed by atoms with Crippen molar-refractivity contribution in [1.82, 2.24) is 4.98 Å². The highest BCUT2D eigenvalue weighted by Crippen LogP contribution is 2.20. The lowest BCUT2D eigenvalue weighted by Gasteiger charge is -2.08. The highest BCUT2D eigenvalue weighted by molar-refractivity contribution is 5.94. The van der Waals surface area contributed by atoms with Crippen LogP contribution in [0.4, 0.5) is 14.5 Å². The molecule has 1 aromatic carbocycles. The van der Waals surface area contributed by atoms with Crippen molar-refractivity contribution < 1.29 is 23.5 Å². The molecule has 2 rings (SSSR count). The van der Waals surface area contributed by atoms with Gasteiger partial charge in [0.25, 0.3) is 0 Å². The molecule has 2 N–H and O–H groups in total. The summed E-state index contributed by atoms with van der Waals surface area (Å²) >= 11 is 0. The lowest BCUT2D eigenvalue weighted by atomic mass is 10.1. The molecular formula is C14H10F2N2O3. The maximum absolute atomic E-state index is 13.5. The smallest absolute Gasteiger partial charge is 0.338 e. The van der Waals surface area contributed by atoms with Crippen molar-refractivity contribution >= 4 is 17.6 Å². The Kier molecular flexibility index (Phi) is 4.22. The summed E-state index contributed by atoms with van der Waals surface area (Å²) in [7, 11) is 0. The van der Waals surface area contributed by atoms with Gasteiger partial charge >= 0.3 is 5.97 Å². The molecular weight excluding hydrogens is 282 g/mol. The van der Waals surface area contributed by atoms with Gasteiger partial charge in [-0.3, -0.25) is 9.78 Å². The molecule has 5 nitrogen and oxygen atoms in total. The number of carboxylic acid groups (broad SMARTS) is 1. The summed E-state index contributed by atoms with van der Waals surface area (Å²) in [4.78, 5) is 26.5. The Hall–Kier alpha value is -2.83. The molecule has 7 heteroatoms. The first-order valence-electron chi connectivity index (χ1n) is 5.89. The van der Waals surface area contributed by atoms with Crippen LogP contribution < -0.4 is 5.32 Å². The molecule has 21 heavy (non-hydrogen) atoms. The Morgan fingerprint density at radius 1 is 1.19 bits per heavy atom. The molecule has 0 bridgehead atoms. The molecule has 0 spiro atoms. The molecule has 1 amide bonds. The number of halogens is 2. The molecule has 0 aliphatic carbocycles. The van der Waals surface area contributed by atoms with Crippen molar-refractivity contribution in [3.8, 4) is 0 Å². The van der Waals surface area contributed by atoms with Crippen molar-refractivity contribution in [3.05, 3.63) is 59.4 Å². The van der Waals surface area contributed by atoms with Gasteiger partial charge in [-0.25, -0.2) is 13.6 Å². The van der Waals surface area contributed by atoms with Crippen LogP contribution in [0.1, 0.15) is 16.1 Å². The van der Waals surface area contributed by atoms with Gasteiger partial charge in [0.2, 0.25) is 5.91 Å². The third-order valence-electron chi connectivity index (χ3n) is 2.63. The lowest BCUT2D eigenvalue weighted by molar-refractivity contribution is -0.115. The van der Waals surface area contributed by atoms with Gasteiger partial charge in [0.1, 0.15) is 11.6 Å². The number of aromatic nitrogens is 1. The fourth-order valence-corrected chi connectivity index (χ4v) is 1.67. The predicted molar refractivity (Wildman–Crippen MR) is 69.9 cm³/mol. The number of carbonyl (C=O) groups excluding carboxylic acids is 1. The van der Waals surface area contributed by atoms with Crippen molar-refractivity contribution in [2.24, 2.45) is 0 Å². The molecule has 1 aromatic heterocycles. The van der Waals surface area contributed by atoms with E-state index in [1.54, 1.807) is 18.2 Å². The van der Waals surface area contributed by atoms with Gasteiger partial charge in [-0.15, -0.1) is 0 Å². The minimum atomic E-state index is -1.55. The maximum atomic E-state index is 13.5. The summed E-state index contributed by atoms with van der Waals surface area (Å²) in [5.74, 6) is -4.39. The second-order valence-electron chi connectivity index (χ2n) is 4.16. The van der Waals surface area contributed by atoms with Crippen LogP contribution in [0.25, 0.3) is 0 Å². The first kappa shape index (κ1) is 14.6. The number of carbonyl (C=O) groups is 2. The Morgan fingerprint density at radius 3 is 2.57 bits per heavy atom. The second-order valence-corrected chi connectivity index (χ2v) is 4.16. The van der Waals surface area contributed by atoms with E-state index >= 15 is 0 Å². The zero-order valence-corrected chi connectivity index (χ0v) is 10.6. The van der Waals surface area contributed by atoms with Crippen molar-refractivity contribution in [1.29, 1.82) is 0 Å². The van der Waals surface area contributed by atoms with Gasteiger partial charge in [-0.2, -0.15) is 0 Å². The summed E-state index contributed by atoms with van der Waals surface area (Å²) in [6, 6.07) is 6.14. The zero-order chi connectivity index (χ0) is 15.4. The standard InChI is InChI=1S/C14H10F2N2O3/c15-10-7-11(16)12(6-9(10)14(20)21)18-13(19)5-8-3-1-2-4-17-8/h1-4,6-7H,5H2,(H,18,19)(H,20,21). The number of benzene rings is 1. The van der Waals surface area contributed by atoms with Crippen LogP contribution in [0.5, 0.6) is 0 Å². The van der Waals surface area contributed by atoms with Crippen LogP contribution in [-0.2, 0) is 11.2 Å². The van der Waals surface area contributed by atoms with E-state index in [1.807, 2.05) is 0 Å². The molecule has 0 fully saturated rings. The van der Waals surface area contributed by atoms with Crippen molar-refractivity contribution in [2.45, 2.75) is 6.42 Å². The number of hydrogen-bond acceptors (Lipinski definition) is 3. The SMILES string of the molecule is O=C(Cc1ccccn1)Nc1cc(C(=O)O)c(F)cc1F. The number of carboxylic acids is 1. The quantitative estimate of drug-likeness (QED) is 0.905.